The summed E-state index contributed by atoms with van der Waals surface area (Å²) in [6.07, 6.45) is 8.77. The molecule has 4 aromatic rings. The molecule has 0 unspecified atom stereocenters. The molecular weight excluding hydrogens is 868 g/mol. The molecule has 54 heavy (non-hydrogen) atoms. The van der Waals surface area contributed by atoms with Gasteiger partial charge in [-0.3, -0.25) is 19.8 Å². The van der Waals surface area contributed by atoms with E-state index in [2.05, 4.69) is 56.5 Å². The third-order valence-electron chi connectivity index (χ3n) is 10.9. The van der Waals surface area contributed by atoms with Crippen LogP contribution in [0.15, 0.2) is 60.9 Å². The number of hydrogen-bond acceptors (Lipinski definition) is 8. The number of halogens is 3. The van der Waals surface area contributed by atoms with Crippen molar-refractivity contribution in [3.8, 4) is 11.1 Å². The number of anilines is 2. The van der Waals surface area contributed by atoms with Crippen LogP contribution >= 0.6 is 45.8 Å². The molecular formula is C41H55BCl2IN6O2V-. The van der Waals surface area contributed by atoms with Crippen LogP contribution in [0.3, 0.4) is 0 Å². The van der Waals surface area contributed by atoms with Crippen LogP contribution in [0.25, 0.3) is 11.1 Å². The Morgan fingerprint density at radius 3 is 1.72 bits per heavy atom. The van der Waals surface area contributed by atoms with E-state index in [0.29, 0.717) is 22.8 Å². The van der Waals surface area contributed by atoms with Crippen molar-refractivity contribution in [2.45, 2.75) is 90.5 Å². The minimum absolute atomic E-state index is 0. The van der Waals surface area contributed by atoms with Gasteiger partial charge in [0.1, 0.15) is 0 Å². The van der Waals surface area contributed by atoms with E-state index in [0.717, 1.165) is 51.7 Å². The van der Waals surface area contributed by atoms with Gasteiger partial charge in [-0.15, -0.1) is 0 Å². The van der Waals surface area contributed by atoms with E-state index in [-0.39, 0.29) is 44.3 Å². The van der Waals surface area contributed by atoms with Gasteiger partial charge >= 0.3 is 7.12 Å². The maximum absolute atomic E-state index is 6.59. The number of nitrogens with two attached hydrogens (primary N) is 2. The first kappa shape index (κ1) is 46.5. The molecule has 0 aliphatic carbocycles. The Labute approximate surface area is 359 Å². The van der Waals surface area contributed by atoms with Crippen LogP contribution in [0.1, 0.15) is 88.0 Å². The van der Waals surface area contributed by atoms with Crippen LogP contribution in [0, 0.1) is 24.8 Å². The Bertz CT molecular complexity index is 1870. The number of para-hydroxylation sites is 2. The molecule has 7 rings (SSSR count). The van der Waals surface area contributed by atoms with E-state index >= 15 is 0 Å². The quantitative estimate of drug-likeness (QED) is 0.0904. The predicted molar refractivity (Wildman–Crippen MR) is 233 cm³/mol. The van der Waals surface area contributed by atoms with Crippen molar-refractivity contribution >= 4 is 69.7 Å². The van der Waals surface area contributed by atoms with Crippen molar-refractivity contribution in [1.82, 2.24) is 19.8 Å². The van der Waals surface area contributed by atoms with Crippen molar-refractivity contribution in [1.29, 1.82) is 0 Å². The second kappa shape index (κ2) is 19.5. The molecule has 0 saturated carbocycles. The van der Waals surface area contributed by atoms with Gasteiger partial charge < -0.3 is 28.2 Å². The summed E-state index contributed by atoms with van der Waals surface area (Å²) in [6, 6.07) is 16.4. The van der Waals surface area contributed by atoms with E-state index in [1.807, 2.05) is 102 Å². The summed E-state index contributed by atoms with van der Waals surface area (Å²) in [7, 11) is 3.96. The molecule has 5 heterocycles. The number of rotatable bonds is 4. The number of aryl methyl sites for hydroxylation is 2. The Morgan fingerprint density at radius 1 is 0.759 bits per heavy atom. The normalized spacial score (nSPS) is 20.2. The molecule has 2 aromatic heterocycles. The predicted octanol–water partition coefficient (Wildman–Crippen LogP) is 9.49. The van der Waals surface area contributed by atoms with E-state index < -0.39 is 0 Å². The summed E-state index contributed by atoms with van der Waals surface area (Å²) in [5, 5.41) is 1.53. The van der Waals surface area contributed by atoms with Gasteiger partial charge in [-0.25, -0.2) is 0 Å². The van der Waals surface area contributed by atoms with Crippen LogP contribution in [0.4, 0.5) is 11.4 Å². The number of nitrogen functional groups attached to an aromatic ring is 2. The number of hydrogen-bond donors (Lipinski definition) is 2. The van der Waals surface area contributed by atoms with Crippen LogP contribution in [-0.4, -0.2) is 65.3 Å². The van der Waals surface area contributed by atoms with Gasteiger partial charge in [-0.1, -0.05) is 59.6 Å². The van der Waals surface area contributed by atoms with E-state index in [1.54, 1.807) is 0 Å². The second-order valence-electron chi connectivity index (χ2n) is 15.0. The Morgan fingerprint density at radius 2 is 1.22 bits per heavy atom. The monoisotopic (exact) mass is 922 g/mol. The van der Waals surface area contributed by atoms with Crippen molar-refractivity contribution in [2.75, 3.05) is 38.7 Å². The molecule has 291 valence electrons. The molecule has 0 spiro atoms. The molecule has 1 radical (unpaired) electrons. The van der Waals surface area contributed by atoms with Crippen molar-refractivity contribution in [3.63, 3.8) is 0 Å². The van der Waals surface area contributed by atoms with Crippen LogP contribution in [-0.2, 0) is 27.9 Å². The molecule has 3 aliphatic rings. The summed E-state index contributed by atoms with van der Waals surface area (Å²) in [5.41, 5.74) is 20.1. The average Bonchev–Trinajstić information content (AvgIpc) is 3.78. The molecule has 3 fully saturated rings. The van der Waals surface area contributed by atoms with Crippen molar-refractivity contribution in [2.24, 2.45) is 0 Å². The first-order chi connectivity index (χ1) is 24.5. The minimum atomic E-state index is -0.369. The molecule has 0 amide bonds. The molecule has 2 aromatic carbocycles. The second-order valence-corrected chi connectivity index (χ2v) is 16.8. The van der Waals surface area contributed by atoms with E-state index in [9.17, 15) is 0 Å². The Hall–Kier alpha value is -1.86. The molecule has 0 bridgehead atoms. The number of benzene rings is 2. The maximum Gasteiger partial charge on any atom is 0.496 e. The smallest absolute Gasteiger partial charge is 0.399 e. The van der Waals surface area contributed by atoms with Crippen molar-refractivity contribution < 1.29 is 27.9 Å². The van der Waals surface area contributed by atoms with Gasteiger partial charge in [-0.05, 0) is 135 Å². The molecule has 13 heteroatoms. The first-order valence-electron chi connectivity index (χ1n) is 17.9. The largest absolute Gasteiger partial charge is 0.496 e. The van der Waals surface area contributed by atoms with Gasteiger partial charge in [-0.2, -0.15) is 0 Å². The van der Waals surface area contributed by atoms with Gasteiger partial charge in [0, 0.05) is 80.1 Å². The van der Waals surface area contributed by atoms with Gasteiger partial charge in [0.05, 0.1) is 32.6 Å². The van der Waals surface area contributed by atoms with Crippen LogP contribution < -0.4 is 16.9 Å². The summed E-state index contributed by atoms with van der Waals surface area (Å²) < 4.78 is 13.0. The van der Waals surface area contributed by atoms with Gasteiger partial charge in [0.2, 0.25) is 0 Å². The standard InChI is InChI=1S/C17H20ClN3.C12H18BNO2.C11H14ClIN2.CH3.V/c1-11-17(18)16(12-6-3-4-7-14(12)19)13(10-20-11)15-8-5-9-21(15)2;1-11(2)12(3,4)16-13(15-11)9-7-5-6-8-10(9)14;1-7-10(12)11(13)8(6-14-7)9-4-3-5-15(9)2;;/h3-4,6-7,10,15H,5,8-9,19H2,1-2H3;5-8H,14H2,1-4H3;6,9H,3-5H2,1-2H3;1H3;/q;;;-1;/t15-;;9-;;/m0.0../s1. The minimum Gasteiger partial charge on any atom is -0.399 e. The number of pyridine rings is 2. The summed E-state index contributed by atoms with van der Waals surface area (Å²) in [4.78, 5) is 13.6. The maximum atomic E-state index is 6.59. The average molecular weight is 923 g/mol. The molecule has 3 aliphatic heterocycles. The zero-order chi connectivity index (χ0) is 38.0. The third-order valence-corrected chi connectivity index (χ3v) is 13.3. The number of aromatic nitrogens is 2. The summed E-state index contributed by atoms with van der Waals surface area (Å²) in [5.74, 6) is 0. The zero-order valence-electron chi connectivity index (χ0n) is 33.1. The molecule has 3 saturated heterocycles. The van der Waals surface area contributed by atoms with Gasteiger partial charge in [0.15, 0.2) is 0 Å². The first-order valence-corrected chi connectivity index (χ1v) is 19.8. The fraction of sp³-hybridized carbons (Fsp3) is 0.439. The van der Waals surface area contributed by atoms with E-state index in [4.69, 9.17) is 44.0 Å². The SMILES string of the molecule is CC1(C)OB(c2ccccc2N)OC1(C)C.Cc1ncc([C@@H]2CCCN2C)c(-c2ccccc2N)c1Cl.Cc1ncc([C@@H]2CCCN2C)c(I)c1Cl.[CH3-].[V]. The number of nitrogens with zero attached hydrogens (tertiary/aromatic N) is 4. The fourth-order valence-electron chi connectivity index (χ4n) is 6.95. The van der Waals surface area contributed by atoms with Crippen LogP contribution in [0.2, 0.25) is 10.0 Å². The Kier molecular flexibility index (Phi) is 16.8. The van der Waals surface area contributed by atoms with Gasteiger partial charge in [0.25, 0.3) is 0 Å². The number of likely N-dealkylation sites (tertiary alicyclic amines) is 2. The van der Waals surface area contributed by atoms with Crippen LogP contribution in [0.5, 0.6) is 0 Å². The fourth-order valence-corrected chi connectivity index (χ4v) is 8.25. The topological polar surface area (TPSA) is 103 Å². The summed E-state index contributed by atoms with van der Waals surface area (Å²) >= 11 is 15.1. The van der Waals surface area contributed by atoms with Crippen molar-refractivity contribution in [3.05, 3.63) is 104 Å². The summed E-state index contributed by atoms with van der Waals surface area (Å²) in [6.45, 7) is 14.3. The molecule has 8 nitrogen and oxygen atoms in total. The molecule has 4 N–H and O–H groups in total. The Balaban J connectivity index is 0.000000218. The zero-order valence-corrected chi connectivity index (χ0v) is 38.2. The van der Waals surface area contributed by atoms with E-state index in [1.165, 1.54) is 40.5 Å². The molecule has 2 atom stereocenters. The third kappa shape index (κ3) is 10.2.